The van der Waals surface area contributed by atoms with Gasteiger partial charge in [-0.25, -0.2) is 4.98 Å². The molecule has 2 aliphatic rings. The number of hydrogen-bond acceptors (Lipinski definition) is 3. The maximum atomic E-state index is 13.4. The first kappa shape index (κ1) is 21.1. The zero-order valence-corrected chi connectivity index (χ0v) is 18.8. The van der Waals surface area contributed by atoms with Crippen molar-refractivity contribution < 1.29 is 4.79 Å². The number of hydrogen-bond donors (Lipinski definition) is 0. The molecule has 1 atom stereocenters. The molecule has 166 valence electrons. The van der Waals surface area contributed by atoms with Crippen LogP contribution in [-0.4, -0.2) is 42.0 Å². The molecule has 2 fully saturated rings. The molecule has 0 N–H and O–H groups in total. The van der Waals surface area contributed by atoms with Gasteiger partial charge in [-0.1, -0.05) is 67.8 Å². The predicted octanol–water partition coefficient (Wildman–Crippen LogP) is 5.64. The second kappa shape index (κ2) is 9.83. The fraction of sp³-hybridized carbons (Fsp3) is 0.429. The van der Waals surface area contributed by atoms with E-state index in [-0.39, 0.29) is 11.8 Å². The van der Waals surface area contributed by atoms with Crippen molar-refractivity contribution in [3.63, 3.8) is 0 Å². The van der Waals surface area contributed by atoms with Crippen LogP contribution in [0.3, 0.4) is 0 Å². The molecule has 1 aliphatic carbocycles. The summed E-state index contributed by atoms with van der Waals surface area (Å²) in [6.45, 7) is 3.76. The van der Waals surface area contributed by atoms with Crippen LogP contribution in [0.25, 0.3) is 10.8 Å². The molecular formula is C28H33N3O. The van der Waals surface area contributed by atoms with Gasteiger partial charge in [0.05, 0.1) is 0 Å². The van der Waals surface area contributed by atoms with Crippen LogP contribution in [0.4, 0.5) is 5.82 Å². The van der Waals surface area contributed by atoms with Crippen LogP contribution in [-0.2, 0) is 4.79 Å². The minimum absolute atomic E-state index is 0.160. The van der Waals surface area contributed by atoms with Gasteiger partial charge < -0.3 is 4.90 Å². The molecule has 1 amide bonds. The normalized spacial score (nSPS) is 19.9. The molecule has 32 heavy (non-hydrogen) atoms. The first-order valence-corrected chi connectivity index (χ1v) is 12.2. The molecule has 1 saturated carbocycles. The highest BCUT2D eigenvalue weighted by Crippen LogP contribution is 2.32. The van der Waals surface area contributed by atoms with Crippen molar-refractivity contribution in [3.05, 3.63) is 72.4 Å². The van der Waals surface area contributed by atoms with E-state index >= 15 is 0 Å². The van der Waals surface area contributed by atoms with Crippen molar-refractivity contribution in [1.82, 2.24) is 9.88 Å². The van der Waals surface area contributed by atoms with E-state index in [9.17, 15) is 4.79 Å². The van der Waals surface area contributed by atoms with Crippen molar-refractivity contribution >= 4 is 22.5 Å². The third kappa shape index (κ3) is 4.56. The second-order valence-electron chi connectivity index (χ2n) is 9.37. The van der Waals surface area contributed by atoms with E-state index in [2.05, 4.69) is 52.3 Å². The van der Waals surface area contributed by atoms with Crippen molar-refractivity contribution in [2.75, 3.05) is 31.1 Å². The van der Waals surface area contributed by atoms with Crippen molar-refractivity contribution in [1.29, 1.82) is 0 Å². The highest BCUT2D eigenvalue weighted by atomic mass is 16.2. The molecule has 3 aromatic rings. The van der Waals surface area contributed by atoms with Crippen LogP contribution in [0.2, 0.25) is 0 Å². The smallest absolute Gasteiger partial charge is 0.231 e. The number of aromatic nitrogens is 1. The number of carbonyl (C=O) groups is 1. The Bertz CT molecular complexity index is 1040. The van der Waals surface area contributed by atoms with Crippen molar-refractivity contribution in [2.45, 2.75) is 44.4 Å². The summed E-state index contributed by atoms with van der Waals surface area (Å²) < 4.78 is 0. The number of likely N-dealkylation sites (tertiary alicyclic amines) is 1. The number of rotatable bonds is 6. The largest absolute Gasteiger partial charge is 0.301 e. The molecule has 0 bridgehead atoms. The Labute approximate surface area is 191 Å². The maximum absolute atomic E-state index is 13.4. The lowest BCUT2D eigenvalue weighted by molar-refractivity contribution is -0.123. The number of nitrogens with zero attached hydrogens (tertiary/aromatic N) is 3. The average Bonchev–Trinajstić information content (AvgIpc) is 3.34. The van der Waals surface area contributed by atoms with Gasteiger partial charge in [-0.15, -0.1) is 0 Å². The lowest BCUT2D eigenvalue weighted by Crippen LogP contribution is -2.42. The Kier molecular flexibility index (Phi) is 6.49. The topological polar surface area (TPSA) is 36.4 Å². The molecule has 4 heteroatoms. The molecule has 1 aromatic heterocycles. The Morgan fingerprint density at radius 1 is 0.938 bits per heavy atom. The quantitative estimate of drug-likeness (QED) is 0.511. The highest BCUT2D eigenvalue weighted by molar-refractivity contribution is 5.94. The van der Waals surface area contributed by atoms with Crippen LogP contribution in [0, 0.1) is 5.92 Å². The Morgan fingerprint density at radius 2 is 1.75 bits per heavy atom. The first-order valence-electron chi connectivity index (χ1n) is 12.2. The summed E-state index contributed by atoms with van der Waals surface area (Å²) in [5.41, 5.74) is 1.46. The van der Waals surface area contributed by atoms with E-state index < -0.39 is 0 Å². The van der Waals surface area contributed by atoms with Gasteiger partial charge in [0.15, 0.2) is 0 Å². The summed E-state index contributed by atoms with van der Waals surface area (Å²) in [7, 11) is 0. The fourth-order valence-corrected chi connectivity index (χ4v) is 5.56. The van der Waals surface area contributed by atoms with Crippen LogP contribution >= 0.6 is 0 Å². The van der Waals surface area contributed by atoms with Crippen LogP contribution in [0.5, 0.6) is 0 Å². The monoisotopic (exact) mass is 427 g/mol. The van der Waals surface area contributed by atoms with Gasteiger partial charge in [-0.3, -0.25) is 9.69 Å². The zero-order valence-electron chi connectivity index (χ0n) is 18.8. The fourth-order valence-electron chi connectivity index (χ4n) is 5.56. The zero-order chi connectivity index (χ0) is 21.8. The van der Waals surface area contributed by atoms with E-state index in [0.29, 0.717) is 12.5 Å². The number of benzene rings is 2. The van der Waals surface area contributed by atoms with E-state index in [4.69, 9.17) is 0 Å². The SMILES string of the molecule is O=C(C1CCCCC1)N(CCN1CCC(c2cccc3ccccc23)C1)c1ccccn1. The molecule has 0 spiro atoms. The minimum Gasteiger partial charge on any atom is -0.301 e. The maximum Gasteiger partial charge on any atom is 0.231 e. The third-order valence-electron chi connectivity index (χ3n) is 7.32. The number of pyridine rings is 1. The predicted molar refractivity (Wildman–Crippen MR) is 131 cm³/mol. The van der Waals surface area contributed by atoms with Gasteiger partial charge in [-0.05, 0) is 60.2 Å². The second-order valence-corrected chi connectivity index (χ2v) is 9.37. The van der Waals surface area contributed by atoms with Crippen LogP contribution in [0.1, 0.15) is 50.0 Å². The van der Waals surface area contributed by atoms with E-state index in [0.717, 1.165) is 38.3 Å². The highest BCUT2D eigenvalue weighted by Gasteiger charge is 2.29. The summed E-state index contributed by atoms with van der Waals surface area (Å²) in [5.74, 6) is 1.78. The minimum atomic E-state index is 0.160. The summed E-state index contributed by atoms with van der Waals surface area (Å²) in [5, 5.41) is 2.70. The lowest BCUT2D eigenvalue weighted by atomic mass is 9.88. The standard InChI is InChI=1S/C28H33N3O/c32-28(23-10-2-1-3-11-23)31(27-15-6-7-17-29-27)20-19-30-18-16-24(21-30)26-14-8-12-22-9-4-5-13-25(22)26/h4-9,12-15,17,23-24H,1-3,10-11,16,18-21H2. The first-order chi connectivity index (χ1) is 15.8. The molecule has 1 aliphatic heterocycles. The third-order valence-corrected chi connectivity index (χ3v) is 7.32. The van der Waals surface area contributed by atoms with Crippen molar-refractivity contribution in [2.24, 2.45) is 5.92 Å². The molecule has 1 saturated heterocycles. The molecule has 4 nitrogen and oxygen atoms in total. The van der Waals surface area contributed by atoms with Gasteiger partial charge in [0.1, 0.15) is 5.82 Å². The Morgan fingerprint density at radius 3 is 2.59 bits per heavy atom. The molecule has 1 unspecified atom stereocenters. The van der Waals surface area contributed by atoms with E-state index in [1.54, 1.807) is 6.20 Å². The number of fused-ring (bicyclic) bond motifs is 1. The molecule has 0 radical (unpaired) electrons. The average molecular weight is 428 g/mol. The van der Waals surface area contributed by atoms with Crippen LogP contribution in [0.15, 0.2) is 66.9 Å². The summed E-state index contributed by atoms with van der Waals surface area (Å²) in [6.07, 6.45) is 8.62. The Hall–Kier alpha value is -2.72. The summed E-state index contributed by atoms with van der Waals surface area (Å²) in [6, 6.07) is 21.3. The van der Waals surface area contributed by atoms with Crippen molar-refractivity contribution in [3.8, 4) is 0 Å². The molecule has 5 rings (SSSR count). The summed E-state index contributed by atoms with van der Waals surface area (Å²) >= 11 is 0. The van der Waals surface area contributed by atoms with Crippen LogP contribution < -0.4 is 4.90 Å². The number of anilines is 1. The summed E-state index contributed by atoms with van der Waals surface area (Å²) in [4.78, 5) is 22.4. The molecule has 2 heterocycles. The van der Waals surface area contributed by atoms with Gasteiger partial charge >= 0.3 is 0 Å². The Balaban J connectivity index is 1.27. The lowest BCUT2D eigenvalue weighted by Gasteiger charge is -2.30. The van der Waals surface area contributed by atoms with Gasteiger partial charge in [0, 0.05) is 31.7 Å². The molecule has 2 aromatic carbocycles. The number of amides is 1. The van der Waals surface area contributed by atoms with E-state index in [1.165, 1.54) is 42.0 Å². The van der Waals surface area contributed by atoms with E-state index in [1.807, 2.05) is 23.1 Å². The number of carbonyl (C=O) groups excluding carboxylic acids is 1. The van der Waals surface area contributed by atoms with Gasteiger partial charge in [0.25, 0.3) is 0 Å². The van der Waals surface area contributed by atoms with Gasteiger partial charge in [0.2, 0.25) is 5.91 Å². The van der Waals surface area contributed by atoms with Gasteiger partial charge in [-0.2, -0.15) is 0 Å². The molecular weight excluding hydrogens is 394 g/mol.